The summed E-state index contributed by atoms with van der Waals surface area (Å²) < 4.78 is 39.1. The first kappa shape index (κ1) is 13.5. The average molecular weight is 269 g/mol. The van der Waals surface area contributed by atoms with Gasteiger partial charge in [-0.05, 0) is 30.3 Å². The number of hydrogen-bond donors (Lipinski definition) is 0. The molecule has 0 aliphatic heterocycles. The lowest BCUT2D eigenvalue weighted by Gasteiger charge is -2.20. The van der Waals surface area contributed by atoms with Crippen LogP contribution in [0.4, 0.5) is 18.9 Å². The lowest BCUT2D eigenvalue weighted by Crippen LogP contribution is -2.18. The number of nitrogens with zero attached hydrogens (tertiary/aromatic N) is 3. The van der Waals surface area contributed by atoms with Crippen LogP contribution >= 0.6 is 0 Å². The van der Waals surface area contributed by atoms with Crippen molar-refractivity contribution in [1.82, 2.24) is 9.78 Å². The predicted octanol–water partition coefficient (Wildman–Crippen LogP) is 3.08. The second kappa shape index (κ2) is 4.95. The van der Waals surface area contributed by atoms with Gasteiger partial charge >= 0.3 is 6.18 Å². The van der Waals surface area contributed by atoms with Crippen LogP contribution in [0.5, 0.6) is 0 Å². The first-order valence-corrected chi connectivity index (χ1v) is 5.73. The third-order valence-electron chi connectivity index (χ3n) is 2.96. The molecule has 1 aromatic heterocycles. The molecule has 0 aliphatic carbocycles. The van der Waals surface area contributed by atoms with Gasteiger partial charge in [0.15, 0.2) is 0 Å². The smallest absolute Gasteiger partial charge is 0.369 e. The highest BCUT2D eigenvalue weighted by molar-refractivity contribution is 5.47. The maximum atomic E-state index is 12.5. The fraction of sp³-hybridized carbons (Fsp3) is 0.308. The number of alkyl halides is 3. The molecule has 102 valence electrons. The molecule has 0 unspecified atom stereocenters. The van der Waals surface area contributed by atoms with Crippen LogP contribution in [0.15, 0.2) is 36.5 Å². The van der Waals surface area contributed by atoms with E-state index in [-0.39, 0.29) is 0 Å². The molecule has 1 aromatic carbocycles. The van der Waals surface area contributed by atoms with E-state index in [4.69, 9.17) is 0 Å². The van der Waals surface area contributed by atoms with Crippen molar-refractivity contribution in [3.05, 3.63) is 47.8 Å². The van der Waals surface area contributed by atoms with Gasteiger partial charge in [-0.1, -0.05) is 0 Å². The molecule has 0 bridgehead atoms. The van der Waals surface area contributed by atoms with Crippen molar-refractivity contribution in [2.45, 2.75) is 12.7 Å². The Morgan fingerprint density at radius 1 is 1.16 bits per heavy atom. The normalized spacial score (nSPS) is 11.6. The largest absolute Gasteiger partial charge is 0.416 e. The minimum atomic E-state index is -4.29. The van der Waals surface area contributed by atoms with Gasteiger partial charge in [-0.3, -0.25) is 4.68 Å². The summed E-state index contributed by atoms with van der Waals surface area (Å²) in [6.07, 6.45) is -2.60. The average Bonchev–Trinajstić information content (AvgIpc) is 2.74. The number of anilines is 1. The van der Waals surface area contributed by atoms with Crippen molar-refractivity contribution in [1.29, 1.82) is 0 Å². The Hall–Kier alpha value is -1.98. The van der Waals surface area contributed by atoms with Crippen molar-refractivity contribution in [2.75, 3.05) is 11.9 Å². The number of hydrogen-bond acceptors (Lipinski definition) is 2. The maximum Gasteiger partial charge on any atom is 0.416 e. The van der Waals surface area contributed by atoms with Crippen molar-refractivity contribution in [2.24, 2.45) is 7.05 Å². The Bertz CT molecular complexity index is 543. The summed E-state index contributed by atoms with van der Waals surface area (Å²) in [6.45, 7) is 0.585. The summed E-state index contributed by atoms with van der Waals surface area (Å²) in [5.41, 5.74) is 1.08. The monoisotopic (exact) mass is 269 g/mol. The molecule has 0 saturated carbocycles. The standard InChI is InChI=1S/C13H14F3N3/c1-18(9-12-7-8-17-19(12)2)11-5-3-10(4-6-11)13(14,15)16/h3-8H,9H2,1-2H3. The molecule has 0 aliphatic rings. The zero-order valence-corrected chi connectivity index (χ0v) is 10.6. The van der Waals surface area contributed by atoms with Crippen LogP contribution in [0.25, 0.3) is 0 Å². The molecular formula is C13H14F3N3. The summed E-state index contributed by atoms with van der Waals surface area (Å²) >= 11 is 0. The second-order valence-corrected chi connectivity index (χ2v) is 4.35. The van der Waals surface area contributed by atoms with E-state index in [0.717, 1.165) is 23.5 Å². The molecule has 0 fully saturated rings. The van der Waals surface area contributed by atoms with Crippen LogP contribution in [0.3, 0.4) is 0 Å². The van der Waals surface area contributed by atoms with Gasteiger partial charge in [0, 0.05) is 26.0 Å². The number of rotatable bonds is 3. The fourth-order valence-electron chi connectivity index (χ4n) is 1.80. The minimum absolute atomic E-state index is 0.585. The molecule has 0 saturated heterocycles. The van der Waals surface area contributed by atoms with Crippen LogP contribution in [-0.2, 0) is 19.8 Å². The summed E-state index contributed by atoms with van der Waals surface area (Å²) in [6, 6.07) is 7.00. The molecular weight excluding hydrogens is 255 g/mol. The third kappa shape index (κ3) is 3.07. The zero-order chi connectivity index (χ0) is 14.0. The van der Waals surface area contributed by atoms with E-state index in [0.29, 0.717) is 6.54 Å². The van der Waals surface area contributed by atoms with Gasteiger partial charge in [0.2, 0.25) is 0 Å². The molecule has 6 heteroatoms. The number of benzene rings is 1. The Morgan fingerprint density at radius 2 is 1.79 bits per heavy atom. The summed E-state index contributed by atoms with van der Waals surface area (Å²) in [4.78, 5) is 1.87. The molecule has 1 heterocycles. The van der Waals surface area contributed by atoms with Crippen molar-refractivity contribution in [3.8, 4) is 0 Å². The Balaban J connectivity index is 2.12. The molecule has 0 spiro atoms. The molecule has 2 aromatic rings. The highest BCUT2D eigenvalue weighted by atomic mass is 19.4. The van der Waals surface area contributed by atoms with E-state index >= 15 is 0 Å². The van der Waals surface area contributed by atoms with Gasteiger partial charge in [0.1, 0.15) is 0 Å². The van der Waals surface area contributed by atoms with Crippen molar-refractivity contribution in [3.63, 3.8) is 0 Å². The molecule has 0 N–H and O–H groups in total. The predicted molar refractivity (Wildman–Crippen MR) is 66.8 cm³/mol. The highest BCUT2D eigenvalue weighted by Crippen LogP contribution is 2.30. The van der Waals surface area contributed by atoms with Crippen molar-refractivity contribution >= 4 is 5.69 Å². The molecule has 3 nitrogen and oxygen atoms in total. The van der Waals surface area contributed by atoms with Crippen molar-refractivity contribution < 1.29 is 13.2 Å². The van der Waals surface area contributed by atoms with E-state index in [2.05, 4.69) is 5.10 Å². The summed E-state index contributed by atoms with van der Waals surface area (Å²) in [7, 11) is 3.66. The topological polar surface area (TPSA) is 21.1 Å². The van der Waals surface area contributed by atoms with Gasteiger partial charge < -0.3 is 4.90 Å². The Kier molecular flexibility index (Phi) is 3.50. The highest BCUT2D eigenvalue weighted by Gasteiger charge is 2.30. The van der Waals surface area contributed by atoms with Gasteiger partial charge in [-0.25, -0.2) is 0 Å². The zero-order valence-electron chi connectivity index (χ0n) is 10.6. The van der Waals surface area contributed by atoms with E-state index in [1.54, 1.807) is 10.9 Å². The number of aryl methyl sites for hydroxylation is 1. The second-order valence-electron chi connectivity index (χ2n) is 4.35. The van der Waals surface area contributed by atoms with Crippen LogP contribution in [0.2, 0.25) is 0 Å². The molecule has 0 radical (unpaired) electrons. The van der Waals surface area contributed by atoms with Crippen LogP contribution < -0.4 is 4.90 Å². The summed E-state index contributed by atoms with van der Waals surface area (Å²) in [5.74, 6) is 0. The van der Waals surface area contributed by atoms with Crippen LogP contribution in [0.1, 0.15) is 11.3 Å². The fourth-order valence-corrected chi connectivity index (χ4v) is 1.80. The summed E-state index contributed by atoms with van der Waals surface area (Å²) in [5, 5.41) is 4.05. The first-order valence-electron chi connectivity index (χ1n) is 5.73. The Morgan fingerprint density at radius 3 is 2.26 bits per heavy atom. The first-order chi connectivity index (χ1) is 8.88. The van der Waals surface area contributed by atoms with Gasteiger partial charge in [0.05, 0.1) is 17.8 Å². The Labute approximate surface area is 109 Å². The molecule has 0 amide bonds. The molecule has 19 heavy (non-hydrogen) atoms. The molecule has 0 atom stereocenters. The maximum absolute atomic E-state index is 12.5. The van der Waals surface area contributed by atoms with E-state index in [1.807, 2.05) is 25.1 Å². The third-order valence-corrected chi connectivity index (χ3v) is 2.96. The van der Waals surface area contributed by atoms with Gasteiger partial charge in [-0.15, -0.1) is 0 Å². The minimum Gasteiger partial charge on any atom is -0.369 e. The van der Waals surface area contributed by atoms with Crippen LogP contribution in [-0.4, -0.2) is 16.8 Å². The van der Waals surface area contributed by atoms with E-state index < -0.39 is 11.7 Å². The SMILES string of the molecule is CN(Cc1ccnn1C)c1ccc(C(F)(F)F)cc1. The number of halogens is 3. The lowest BCUT2D eigenvalue weighted by atomic mass is 10.2. The van der Waals surface area contributed by atoms with E-state index in [9.17, 15) is 13.2 Å². The van der Waals surface area contributed by atoms with Gasteiger partial charge in [-0.2, -0.15) is 18.3 Å². The van der Waals surface area contributed by atoms with Gasteiger partial charge in [0.25, 0.3) is 0 Å². The lowest BCUT2D eigenvalue weighted by molar-refractivity contribution is -0.137. The molecule has 2 rings (SSSR count). The van der Waals surface area contributed by atoms with E-state index in [1.165, 1.54) is 12.1 Å². The quantitative estimate of drug-likeness (QED) is 0.853. The number of aromatic nitrogens is 2. The van der Waals surface area contributed by atoms with Crippen LogP contribution in [0, 0.1) is 0 Å².